The molecule has 0 saturated heterocycles. The zero-order chi connectivity index (χ0) is 25.3. The van der Waals surface area contributed by atoms with E-state index in [1.807, 2.05) is 37.2 Å². The Hall–Kier alpha value is -2.83. The molecule has 1 aliphatic rings. The molecule has 0 radical (unpaired) electrons. The number of phenolic OH excluding ortho intramolecular Hbond substituents is 1. The number of nitrogens with one attached hydrogen (secondary N) is 2. The lowest BCUT2D eigenvalue weighted by Gasteiger charge is -2.31. The van der Waals surface area contributed by atoms with Gasteiger partial charge in [-0.15, -0.1) is 0 Å². The third kappa shape index (κ3) is 6.19. The van der Waals surface area contributed by atoms with E-state index < -0.39 is 0 Å². The monoisotopic (exact) mass is 467 g/mol. The number of hydrogen-bond donors (Lipinski definition) is 3. The number of phenols is 1. The Balaban J connectivity index is 1.66. The Bertz CT molecular complexity index is 977. The Labute approximate surface area is 204 Å². The zero-order valence-corrected chi connectivity index (χ0v) is 22.0. The molecule has 7 nitrogen and oxygen atoms in total. The van der Waals surface area contributed by atoms with Crippen molar-refractivity contribution >= 4 is 17.7 Å². The van der Waals surface area contributed by atoms with E-state index in [4.69, 9.17) is 0 Å². The molecule has 2 aromatic rings. The summed E-state index contributed by atoms with van der Waals surface area (Å²) in [6, 6.07) is 6.00. The van der Waals surface area contributed by atoms with Crippen LogP contribution in [0.25, 0.3) is 0 Å². The molecule has 7 heteroatoms. The van der Waals surface area contributed by atoms with Crippen LogP contribution in [-0.4, -0.2) is 47.2 Å². The summed E-state index contributed by atoms with van der Waals surface area (Å²) in [6.07, 6.45) is 5.44. The van der Waals surface area contributed by atoms with Gasteiger partial charge in [-0.2, -0.15) is 4.98 Å². The van der Waals surface area contributed by atoms with E-state index in [9.17, 15) is 9.90 Å². The fourth-order valence-electron chi connectivity index (χ4n) is 4.41. The molecule has 34 heavy (non-hydrogen) atoms. The lowest BCUT2D eigenvalue weighted by molar-refractivity contribution is 0.0926. The third-order valence-corrected chi connectivity index (χ3v) is 6.48. The van der Waals surface area contributed by atoms with Crippen LogP contribution in [0.4, 0.5) is 11.8 Å². The number of hydrogen-bond acceptors (Lipinski definition) is 6. The largest absolute Gasteiger partial charge is 0.507 e. The quantitative estimate of drug-likeness (QED) is 0.574. The Morgan fingerprint density at radius 3 is 2.00 bits per heavy atom. The van der Waals surface area contributed by atoms with Crippen molar-refractivity contribution in [3.05, 3.63) is 41.1 Å². The molecule has 1 saturated carbocycles. The normalized spacial score (nSPS) is 18.9. The number of nitrogens with zero attached hydrogens (tertiary/aromatic N) is 3. The maximum atomic E-state index is 13.2. The molecule has 1 amide bonds. The summed E-state index contributed by atoms with van der Waals surface area (Å²) >= 11 is 0. The predicted octanol–water partition coefficient (Wildman–Crippen LogP) is 5.00. The molecular formula is C27H41N5O2. The minimum Gasteiger partial charge on any atom is -0.507 e. The van der Waals surface area contributed by atoms with Crippen molar-refractivity contribution in [2.24, 2.45) is 0 Å². The van der Waals surface area contributed by atoms with E-state index in [-0.39, 0.29) is 22.8 Å². The van der Waals surface area contributed by atoms with Gasteiger partial charge in [0.25, 0.3) is 5.91 Å². The number of aromatic hydroxyl groups is 1. The Kier molecular flexibility index (Phi) is 7.44. The number of carbonyl (C=O) groups excluding carboxylic acids is 1. The van der Waals surface area contributed by atoms with Crippen LogP contribution >= 0.6 is 0 Å². The molecule has 0 aliphatic heterocycles. The van der Waals surface area contributed by atoms with Gasteiger partial charge < -0.3 is 20.6 Å². The first-order chi connectivity index (χ1) is 15.8. The second-order valence-electron chi connectivity index (χ2n) is 11.7. The summed E-state index contributed by atoms with van der Waals surface area (Å²) < 4.78 is 0. The molecule has 1 fully saturated rings. The van der Waals surface area contributed by atoms with Crippen molar-refractivity contribution < 1.29 is 9.90 Å². The van der Waals surface area contributed by atoms with E-state index in [0.717, 1.165) is 42.6 Å². The molecule has 186 valence electrons. The van der Waals surface area contributed by atoms with Gasteiger partial charge in [0, 0.05) is 49.1 Å². The highest BCUT2D eigenvalue weighted by Crippen LogP contribution is 2.39. The van der Waals surface area contributed by atoms with Gasteiger partial charge >= 0.3 is 0 Å². The average molecular weight is 468 g/mol. The van der Waals surface area contributed by atoms with E-state index in [2.05, 4.69) is 62.1 Å². The van der Waals surface area contributed by atoms with Crippen molar-refractivity contribution in [2.75, 3.05) is 24.3 Å². The number of carbonyl (C=O) groups is 1. The molecule has 3 N–H and O–H groups in total. The van der Waals surface area contributed by atoms with Crippen molar-refractivity contribution in [3.8, 4) is 5.75 Å². The van der Waals surface area contributed by atoms with E-state index in [1.54, 1.807) is 6.20 Å². The summed E-state index contributed by atoms with van der Waals surface area (Å²) in [5, 5.41) is 17.6. The first-order valence-corrected chi connectivity index (χ1v) is 12.2. The van der Waals surface area contributed by atoms with Crippen LogP contribution in [0.1, 0.15) is 88.7 Å². The van der Waals surface area contributed by atoms with Crippen LogP contribution in [-0.2, 0) is 10.8 Å². The Morgan fingerprint density at radius 2 is 1.50 bits per heavy atom. The highest BCUT2D eigenvalue weighted by atomic mass is 16.3. The van der Waals surface area contributed by atoms with Crippen LogP contribution in [0, 0.1) is 0 Å². The molecule has 1 aliphatic carbocycles. The van der Waals surface area contributed by atoms with Gasteiger partial charge in [-0.25, -0.2) is 4.98 Å². The third-order valence-electron chi connectivity index (χ3n) is 6.48. The minimum atomic E-state index is -0.268. The van der Waals surface area contributed by atoms with E-state index in [1.165, 1.54) is 0 Å². The van der Waals surface area contributed by atoms with Crippen molar-refractivity contribution in [3.63, 3.8) is 0 Å². The van der Waals surface area contributed by atoms with Crippen LogP contribution in [0.2, 0.25) is 0 Å². The minimum absolute atomic E-state index is 0.0746. The second-order valence-corrected chi connectivity index (χ2v) is 11.7. The first-order valence-electron chi connectivity index (χ1n) is 12.2. The van der Waals surface area contributed by atoms with Crippen molar-refractivity contribution in [1.29, 1.82) is 0 Å². The van der Waals surface area contributed by atoms with Crippen molar-refractivity contribution in [1.82, 2.24) is 15.3 Å². The van der Waals surface area contributed by atoms with Crippen LogP contribution in [0.3, 0.4) is 0 Å². The van der Waals surface area contributed by atoms with Crippen molar-refractivity contribution in [2.45, 2.75) is 90.1 Å². The molecule has 1 heterocycles. The van der Waals surface area contributed by atoms with Crippen LogP contribution in [0.15, 0.2) is 24.4 Å². The lowest BCUT2D eigenvalue weighted by Crippen LogP contribution is -2.40. The highest BCUT2D eigenvalue weighted by Gasteiger charge is 2.29. The number of amides is 1. The molecule has 0 unspecified atom stereocenters. The van der Waals surface area contributed by atoms with Gasteiger partial charge in [0.1, 0.15) is 11.6 Å². The summed E-state index contributed by atoms with van der Waals surface area (Å²) in [7, 11) is 3.92. The smallest absolute Gasteiger partial charge is 0.251 e. The second kappa shape index (κ2) is 9.80. The van der Waals surface area contributed by atoms with Gasteiger partial charge in [0.2, 0.25) is 5.95 Å². The molecular weight excluding hydrogens is 426 g/mol. The lowest BCUT2D eigenvalue weighted by atomic mass is 9.78. The number of rotatable bonds is 5. The molecule has 1 aromatic carbocycles. The summed E-state index contributed by atoms with van der Waals surface area (Å²) in [5.74, 6) is 1.74. The Morgan fingerprint density at radius 1 is 0.971 bits per heavy atom. The zero-order valence-electron chi connectivity index (χ0n) is 22.0. The van der Waals surface area contributed by atoms with Gasteiger partial charge in [0.15, 0.2) is 0 Å². The summed E-state index contributed by atoms with van der Waals surface area (Å²) in [4.78, 5) is 24.1. The van der Waals surface area contributed by atoms with Gasteiger partial charge in [-0.1, -0.05) is 41.5 Å². The van der Waals surface area contributed by atoms with Crippen LogP contribution < -0.4 is 15.5 Å². The number of anilines is 2. The average Bonchev–Trinajstić information content (AvgIpc) is 2.73. The van der Waals surface area contributed by atoms with Crippen LogP contribution in [0.5, 0.6) is 5.75 Å². The maximum absolute atomic E-state index is 13.2. The van der Waals surface area contributed by atoms with Gasteiger partial charge in [-0.05, 0) is 54.7 Å². The standard InChI is InChI=1S/C27H41N5O2/c1-26(2,3)20-15-17(16-21(23(20)33)27(4,5)6)24(34)29-18-9-11-19(12-10-18)30-25-28-14-13-22(31-25)32(7)8/h13-16,18-19,33H,9-12H2,1-8H3,(H,29,34)(H,28,30,31). The number of benzene rings is 1. The van der Waals surface area contributed by atoms with E-state index >= 15 is 0 Å². The molecule has 3 rings (SSSR count). The summed E-state index contributed by atoms with van der Waals surface area (Å²) in [5.41, 5.74) is 1.68. The first kappa shape index (κ1) is 25.8. The van der Waals surface area contributed by atoms with E-state index in [0.29, 0.717) is 23.3 Å². The fourth-order valence-corrected chi connectivity index (χ4v) is 4.41. The highest BCUT2D eigenvalue weighted by molar-refractivity contribution is 5.95. The topological polar surface area (TPSA) is 90.4 Å². The summed E-state index contributed by atoms with van der Waals surface area (Å²) in [6.45, 7) is 12.3. The van der Waals surface area contributed by atoms with Gasteiger partial charge in [-0.3, -0.25) is 4.79 Å². The maximum Gasteiger partial charge on any atom is 0.251 e. The number of aromatic nitrogens is 2. The predicted molar refractivity (Wildman–Crippen MR) is 139 cm³/mol. The molecule has 1 aromatic heterocycles. The molecule has 0 atom stereocenters. The van der Waals surface area contributed by atoms with Gasteiger partial charge in [0.05, 0.1) is 0 Å². The SMILES string of the molecule is CN(C)c1ccnc(NC2CCC(NC(=O)c3cc(C(C)(C)C)c(O)c(C(C)(C)C)c3)CC2)n1. The molecule has 0 bridgehead atoms. The molecule has 0 spiro atoms. The fraction of sp³-hybridized carbons (Fsp3) is 0.593.